The van der Waals surface area contributed by atoms with Gasteiger partial charge < -0.3 is 9.80 Å². The Balaban J connectivity index is 1.84. The van der Waals surface area contributed by atoms with Crippen molar-refractivity contribution in [2.75, 3.05) is 9.80 Å². The highest BCUT2D eigenvalue weighted by atomic mass is 15.1. The Morgan fingerprint density at radius 3 is 1.43 bits per heavy atom. The molecule has 46 heavy (non-hydrogen) atoms. The van der Waals surface area contributed by atoms with Gasteiger partial charge in [0.2, 0.25) is 0 Å². The summed E-state index contributed by atoms with van der Waals surface area (Å²) in [7, 11) is 0. The normalized spacial score (nSPS) is 11.3. The minimum absolute atomic E-state index is 0.460. The second-order valence-corrected chi connectivity index (χ2v) is 11.9. The molecule has 0 aromatic heterocycles. The molecular formula is C44H44N2. The lowest BCUT2D eigenvalue weighted by molar-refractivity contribution is 0.866. The summed E-state index contributed by atoms with van der Waals surface area (Å²) < 4.78 is 0. The van der Waals surface area contributed by atoms with Gasteiger partial charge in [-0.15, -0.1) is 0 Å². The maximum atomic E-state index is 3.83. The molecule has 0 aliphatic rings. The first-order valence-corrected chi connectivity index (χ1v) is 16.1. The maximum Gasteiger partial charge on any atom is 0.0540 e. The highest BCUT2D eigenvalue weighted by Gasteiger charge is 2.17. The van der Waals surface area contributed by atoms with Crippen LogP contribution in [0.5, 0.6) is 0 Å². The van der Waals surface area contributed by atoms with E-state index in [4.69, 9.17) is 0 Å². The zero-order chi connectivity index (χ0) is 32.3. The predicted octanol–water partition coefficient (Wildman–Crippen LogP) is 13.1. The molecule has 0 N–H and O–H groups in total. The summed E-state index contributed by atoms with van der Waals surface area (Å²) >= 11 is 0. The van der Waals surface area contributed by atoms with Crippen LogP contribution in [-0.2, 0) is 0 Å². The topological polar surface area (TPSA) is 6.48 Å². The summed E-state index contributed by atoms with van der Waals surface area (Å²) in [4.78, 5) is 4.63. The van der Waals surface area contributed by atoms with Crippen molar-refractivity contribution < 1.29 is 0 Å². The average molecular weight is 601 g/mol. The van der Waals surface area contributed by atoms with Crippen LogP contribution in [0.4, 0.5) is 28.4 Å². The molecule has 5 aromatic rings. The molecule has 0 aliphatic carbocycles. The van der Waals surface area contributed by atoms with E-state index in [1.165, 1.54) is 11.1 Å². The van der Waals surface area contributed by atoms with Crippen LogP contribution in [0.25, 0.3) is 10.8 Å². The fourth-order valence-corrected chi connectivity index (χ4v) is 5.55. The molecule has 0 unspecified atom stereocenters. The van der Waals surface area contributed by atoms with Crippen molar-refractivity contribution in [3.63, 3.8) is 0 Å². The number of anilines is 5. The van der Waals surface area contributed by atoms with E-state index in [1.54, 1.807) is 6.08 Å². The summed E-state index contributed by atoms with van der Waals surface area (Å²) in [5.74, 6) is 0.921. The van der Waals surface area contributed by atoms with Gasteiger partial charge >= 0.3 is 0 Å². The average Bonchev–Trinajstić information content (AvgIpc) is 3.09. The van der Waals surface area contributed by atoms with Crippen molar-refractivity contribution in [1.82, 2.24) is 0 Å². The van der Waals surface area contributed by atoms with Crippen LogP contribution in [0.3, 0.4) is 0 Å². The summed E-state index contributed by atoms with van der Waals surface area (Å²) in [6, 6.07) is 50.1. The second kappa shape index (κ2) is 15.6. The van der Waals surface area contributed by atoms with Crippen molar-refractivity contribution >= 4 is 39.2 Å². The molecule has 0 aliphatic heterocycles. The van der Waals surface area contributed by atoms with Crippen LogP contribution in [0, 0.1) is 0 Å². The third-order valence-electron chi connectivity index (χ3n) is 8.08. The molecular weight excluding hydrogens is 556 g/mol. The third-order valence-corrected chi connectivity index (χ3v) is 8.08. The van der Waals surface area contributed by atoms with Crippen molar-refractivity contribution in [2.24, 2.45) is 0 Å². The number of allylic oxidation sites excluding steroid dienone is 4. The summed E-state index contributed by atoms with van der Waals surface area (Å²) in [5.41, 5.74) is 8.10. The SMILES string of the molecule is C=CC=CC=CN(c1ccccc1)c1ccccccc(N(c2ccc(C(C)C)cc2)c2ccc(C(C)C)cc2)c2ccccc12. The Kier molecular flexibility index (Phi) is 10.9. The third kappa shape index (κ3) is 7.65. The van der Waals surface area contributed by atoms with Gasteiger partial charge in [0.05, 0.1) is 11.4 Å². The standard InChI is InChI=1S/C44H44N2/c1-6-7-8-18-33-45(38-19-12-11-13-20-38)43-23-14-9-10-15-24-44(42-22-17-16-21-41(42)43)46(39-29-25-36(26-30-39)34(2)3)40-31-27-37(28-32-40)35(4)5/h6-35H,1H2,2-5H3. The maximum absolute atomic E-state index is 3.83. The van der Waals surface area contributed by atoms with Gasteiger partial charge in [-0.05, 0) is 77.6 Å². The first-order chi connectivity index (χ1) is 22.5. The number of benzene rings is 4. The van der Waals surface area contributed by atoms with Gasteiger partial charge in [0, 0.05) is 34.0 Å². The molecule has 0 atom stereocenters. The molecule has 0 amide bonds. The van der Waals surface area contributed by atoms with Gasteiger partial charge in [0.15, 0.2) is 0 Å². The summed E-state index contributed by atoms with van der Waals surface area (Å²) in [6.45, 7) is 12.8. The second-order valence-electron chi connectivity index (χ2n) is 11.9. The smallest absolute Gasteiger partial charge is 0.0540 e. The van der Waals surface area contributed by atoms with E-state index in [0.717, 1.165) is 39.2 Å². The van der Waals surface area contributed by atoms with Crippen LogP contribution in [0.15, 0.2) is 177 Å². The molecule has 0 saturated heterocycles. The number of hydrogen-bond acceptors (Lipinski definition) is 2. The number of nitrogens with zero attached hydrogens (tertiary/aromatic N) is 2. The molecule has 0 bridgehead atoms. The van der Waals surface area contributed by atoms with Crippen LogP contribution in [0.2, 0.25) is 0 Å². The van der Waals surface area contributed by atoms with E-state index >= 15 is 0 Å². The fourth-order valence-electron chi connectivity index (χ4n) is 5.55. The first kappa shape index (κ1) is 32.1. The predicted molar refractivity (Wildman–Crippen MR) is 201 cm³/mol. The lowest BCUT2D eigenvalue weighted by atomic mass is 10.0. The number of hydrogen-bond donors (Lipinski definition) is 0. The molecule has 2 heteroatoms. The van der Waals surface area contributed by atoms with Crippen molar-refractivity contribution in [3.8, 4) is 0 Å². The van der Waals surface area contributed by atoms with Crippen molar-refractivity contribution in [1.29, 1.82) is 0 Å². The van der Waals surface area contributed by atoms with Gasteiger partial charge in [-0.25, -0.2) is 0 Å². The van der Waals surface area contributed by atoms with E-state index in [0.29, 0.717) is 11.8 Å². The highest BCUT2D eigenvalue weighted by molar-refractivity contribution is 6.04. The molecule has 230 valence electrons. The Bertz CT molecular complexity index is 1790. The van der Waals surface area contributed by atoms with Gasteiger partial charge in [0.25, 0.3) is 0 Å². The van der Waals surface area contributed by atoms with Gasteiger partial charge in [0.1, 0.15) is 0 Å². The number of fused-ring (bicyclic) bond motifs is 1. The monoisotopic (exact) mass is 600 g/mol. The molecule has 5 rings (SSSR count). The molecule has 0 heterocycles. The quantitative estimate of drug-likeness (QED) is 0.147. The van der Waals surface area contributed by atoms with E-state index in [9.17, 15) is 0 Å². The Morgan fingerprint density at radius 2 is 0.913 bits per heavy atom. The zero-order valence-corrected chi connectivity index (χ0v) is 27.4. The molecule has 5 aromatic carbocycles. The summed E-state index contributed by atoms with van der Waals surface area (Å²) in [6.07, 6.45) is 9.90. The molecule has 0 fully saturated rings. The lowest BCUT2D eigenvalue weighted by Crippen LogP contribution is -2.11. The van der Waals surface area contributed by atoms with E-state index < -0.39 is 0 Å². The van der Waals surface area contributed by atoms with Crippen LogP contribution in [-0.4, -0.2) is 0 Å². The van der Waals surface area contributed by atoms with Crippen LogP contribution in [0.1, 0.15) is 50.7 Å². The highest BCUT2D eigenvalue weighted by Crippen LogP contribution is 2.41. The number of rotatable bonds is 10. The summed E-state index contributed by atoms with van der Waals surface area (Å²) in [5, 5.41) is 2.25. The molecule has 0 saturated carbocycles. The largest absolute Gasteiger partial charge is 0.317 e. The van der Waals surface area contributed by atoms with Gasteiger partial charge in [-0.3, -0.25) is 0 Å². The molecule has 0 radical (unpaired) electrons. The minimum Gasteiger partial charge on any atom is -0.317 e. The Hall–Kier alpha value is -5.34. The van der Waals surface area contributed by atoms with E-state index in [-0.39, 0.29) is 0 Å². The van der Waals surface area contributed by atoms with Gasteiger partial charge in [-0.1, -0.05) is 143 Å². The Labute approximate surface area is 275 Å². The minimum atomic E-state index is 0.460. The Morgan fingerprint density at radius 1 is 0.457 bits per heavy atom. The fraction of sp³-hybridized carbons (Fsp3) is 0.136. The van der Waals surface area contributed by atoms with E-state index in [1.807, 2.05) is 12.2 Å². The van der Waals surface area contributed by atoms with Crippen molar-refractivity contribution in [3.05, 3.63) is 188 Å². The number of para-hydroxylation sites is 1. The van der Waals surface area contributed by atoms with Crippen LogP contribution >= 0.6 is 0 Å². The first-order valence-electron chi connectivity index (χ1n) is 16.1. The molecule has 2 nitrogen and oxygen atoms in total. The zero-order valence-electron chi connectivity index (χ0n) is 27.4. The van der Waals surface area contributed by atoms with Crippen molar-refractivity contribution in [2.45, 2.75) is 39.5 Å². The lowest BCUT2D eigenvalue weighted by Gasteiger charge is -2.28. The van der Waals surface area contributed by atoms with E-state index in [2.05, 4.69) is 196 Å². The molecule has 0 spiro atoms. The van der Waals surface area contributed by atoms with Crippen LogP contribution < -0.4 is 9.80 Å². The van der Waals surface area contributed by atoms with Gasteiger partial charge in [-0.2, -0.15) is 0 Å².